The van der Waals surface area contributed by atoms with Crippen LogP contribution in [0.25, 0.3) is 0 Å². The van der Waals surface area contributed by atoms with Crippen molar-refractivity contribution in [3.8, 4) is 17.2 Å². The molecule has 0 spiro atoms. The van der Waals surface area contributed by atoms with E-state index >= 15 is 0 Å². The van der Waals surface area contributed by atoms with E-state index in [4.69, 9.17) is 14.2 Å². The number of hydrogen-bond donors (Lipinski definition) is 2. The molecule has 2 fully saturated rings. The highest BCUT2D eigenvalue weighted by Gasteiger charge is 2.48. The Bertz CT molecular complexity index is 1480. The summed E-state index contributed by atoms with van der Waals surface area (Å²) >= 11 is 0. The molecule has 2 N–H and O–H groups in total. The minimum Gasteiger partial charge on any atom is -0.493 e. The number of amides is 1. The van der Waals surface area contributed by atoms with Crippen molar-refractivity contribution in [2.24, 2.45) is 11.8 Å². The Labute approximate surface area is 252 Å². The van der Waals surface area contributed by atoms with Crippen molar-refractivity contribution in [2.75, 3.05) is 31.8 Å². The summed E-state index contributed by atoms with van der Waals surface area (Å²) < 4.78 is 17.2. The lowest BCUT2D eigenvalue weighted by atomic mass is 9.81. The molecule has 1 aliphatic carbocycles. The number of aryl methyl sites for hydroxylation is 3. The third kappa shape index (κ3) is 6.07. The number of carbonyl (C=O) groups excluding carboxylic acids is 1. The molecule has 3 aromatic carbocycles. The van der Waals surface area contributed by atoms with Crippen LogP contribution in [0.15, 0.2) is 54.6 Å². The molecule has 8 heteroatoms. The minimum atomic E-state index is -0.895. The summed E-state index contributed by atoms with van der Waals surface area (Å²) in [6.07, 6.45) is 4.02. The summed E-state index contributed by atoms with van der Waals surface area (Å²) in [6, 6.07) is 17.2. The first-order valence-electron chi connectivity index (χ1n) is 15.4. The number of fused-ring (bicyclic) bond motifs is 1. The summed E-state index contributed by atoms with van der Waals surface area (Å²) in [6.45, 7) is 7.46. The van der Waals surface area contributed by atoms with E-state index in [0.717, 1.165) is 52.1 Å². The zero-order valence-corrected chi connectivity index (χ0v) is 25.1. The standard InChI is InChI=1S/C35H40N2O6/c1-4-23-7-6-8-24(5-2)33(23)36-31(38)18-37-17-28(27-16-30-29(15-21(27)3)42-20-43-30)32(35(39)40)34(37)25-11-13-26(14-12-25)41-19-22-9-10-22/h6-8,11-16,22,28,32,34H,4-5,9-10,17-20H2,1-3H3,(H,36,38)(H,39,40)/t28-,32?,34+/m1/s1. The normalized spacial score (nSPS) is 21.1. The smallest absolute Gasteiger partial charge is 0.309 e. The number of ether oxygens (including phenoxy) is 3. The second-order valence-corrected chi connectivity index (χ2v) is 11.9. The van der Waals surface area contributed by atoms with E-state index in [1.54, 1.807) is 0 Å². The first-order chi connectivity index (χ1) is 20.9. The van der Waals surface area contributed by atoms with Gasteiger partial charge in [0.1, 0.15) is 5.75 Å². The van der Waals surface area contributed by atoms with Gasteiger partial charge in [-0.1, -0.05) is 44.2 Å². The van der Waals surface area contributed by atoms with Crippen molar-refractivity contribution in [2.45, 2.75) is 58.4 Å². The maximum atomic E-state index is 13.7. The molecule has 43 heavy (non-hydrogen) atoms. The Morgan fingerprint density at radius 1 is 1.00 bits per heavy atom. The summed E-state index contributed by atoms with van der Waals surface area (Å²) in [5, 5.41) is 13.9. The maximum Gasteiger partial charge on any atom is 0.309 e. The van der Waals surface area contributed by atoms with Crippen molar-refractivity contribution in [1.82, 2.24) is 4.90 Å². The van der Waals surface area contributed by atoms with Crippen LogP contribution < -0.4 is 19.5 Å². The van der Waals surface area contributed by atoms with Gasteiger partial charge in [0, 0.05) is 24.2 Å². The molecule has 1 saturated carbocycles. The van der Waals surface area contributed by atoms with Crippen molar-refractivity contribution in [3.05, 3.63) is 82.4 Å². The summed E-state index contributed by atoms with van der Waals surface area (Å²) in [7, 11) is 0. The largest absolute Gasteiger partial charge is 0.493 e. The number of hydrogen-bond acceptors (Lipinski definition) is 6. The molecule has 1 amide bonds. The van der Waals surface area contributed by atoms with Crippen LogP contribution in [0.5, 0.6) is 17.2 Å². The van der Waals surface area contributed by atoms with Crippen LogP contribution >= 0.6 is 0 Å². The second kappa shape index (κ2) is 12.3. The lowest BCUT2D eigenvalue weighted by Gasteiger charge is -2.27. The monoisotopic (exact) mass is 584 g/mol. The molecule has 2 aliphatic heterocycles. The zero-order chi connectivity index (χ0) is 30.1. The molecule has 226 valence electrons. The fourth-order valence-electron chi connectivity index (χ4n) is 6.59. The third-order valence-corrected chi connectivity index (χ3v) is 9.06. The van der Waals surface area contributed by atoms with Crippen LogP contribution in [0.3, 0.4) is 0 Å². The molecule has 3 aliphatic rings. The molecule has 1 saturated heterocycles. The topological polar surface area (TPSA) is 97.3 Å². The number of anilines is 1. The van der Waals surface area contributed by atoms with Crippen LogP contribution in [-0.2, 0) is 22.4 Å². The highest BCUT2D eigenvalue weighted by atomic mass is 16.7. The summed E-state index contributed by atoms with van der Waals surface area (Å²) in [5.74, 6) is 0.516. The Balaban J connectivity index is 1.32. The Hall–Kier alpha value is -4.04. The van der Waals surface area contributed by atoms with Crippen LogP contribution in [0.1, 0.15) is 66.5 Å². The zero-order valence-electron chi connectivity index (χ0n) is 25.1. The number of nitrogens with one attached hydrogen (secondary N) is 1. The van der Waals surface area contributed by atoms with E-state index < -0.39 is 17.9 Å². The van der Waals surface area contributed by atoms with E-state index in [1.807, 2.05) is 66.4 Å². The van der Waals surface area contributed by atoms with Gasteiger partial charge in [0.15, 0.2) is 11.5 Å². The highest BCUT2D eigenvalue weighted by molar-refractivity contribution is 5.94. The minimum absolute atomic E-state index is 0.0652. The van der Waals surface area contributed by atoms with Crippen LogP contribution in [-0.4, -0.2) is 48.4 Å². The van der Waals surface area contributed by atoms with Gasteiger partial charge in [-0.15, -0.1) is 0 Å². The number of para-hydroxylation sites is 1. The number of nitrogens with zero attached hydrogens (tertiary/aromatic N) is 1. The first-order valence-corrected chi connectivity index (χ1v) is 15.4. The predicted octanol–water partition coefficient (Wildman–Crippen LogP) is 6.12. The molecular weight excluding hydrogens is 544 g/mol. The van der Waals surface area contributed by atoms with E-state index in [9.17, 15) is 14.7 Å². The van der Waals surface area contributed by atoms with Gasteiger partial charge in [-0.25, -0.2) is 0 Å². The number of aliphatic carboxylic acids is 1. The highest BCUT2D eigenvalue weighted by Crippen LogP contribution is 2.49. The van der Waals surface area contributed by atoms with Gasteiger partial charge >= 0.3 is 5.97 Å². The fourth-order valence-corrected chi connectivity index (χ4v) is 6.59. The van der Waals surface area contributed by atoms with E-state index in [0.29, 0.717) is 30.6 Å². The maximum absolute atomic E-state index is 13.7. The molecule has 8 nitrogen and oxygen atoms in total. The molecule has 1 unspecified atom stereocenters. The molecule has 3 aromatic rings. The molecular formula is C35H40N2O6. The number of likely N-dealkylation sites (tertiary alicyclic amines) is 1. The van der Waals surface area contributed by atoms with Gasteiger partial charge in [-0.2, -0.15) is 0 Å². The number of carbonyl (C=O) groups is 2. The van der Waals surface area contributed by atoms with E-state index in [1.165, 1.54) is 12.8 Å². The van der Waals surface area contributed by atoms with E-state index in [-0.39, 0.29) is 25.2 Å². The van der Waals surface area contributed by atoms with Gasteiger partial charge in [0.25, 0.3) is 0 Å². The lowest BCUT2D eigenvalue weighted by Crippen LogP contribution is -2.35. The predicted molar refractivity (Wildman–Crippen MR) is 164 cm³/mol. The first kappa shape index (κ1) is 29.1. The van der Waals surface area contributed by atoms with Gasteiger partial charge < -0.3 is 24.6 Å². The number of carboxylic acid groups (broad SMARTS) is 1. The Kier molecular flexibility index (Phi) is 8.30. The lowest BCUT2D eigenvalue weighted by molar-refractivity contribution is -0.143. The Morgan fingerprint density at radius 2 is 1.67 bits per heavy atom. The third-order valence-electron chi connectivity index (χ3n) is 9.06. The van der Waals surface area contributed by atoms with Crippen molar-refractivity contribution >= 4 is 17.6 Å². The SMILES string of the molecule is CCc1cccc(CC)c1NC(=O)CN1C[C@H](c2cc3c(cc2C)OCO3)C(C(=O)O)[C@@H]1c1ccc(OCC2CC2)cc1. The Morgan fingerprint density at radius 3 is 2.30 bits per heavy atom. The average Bonchev–Trinajstić information content (AvgIpc) is 3.60. The molecule has 6 rings (SSSR count). The second-order valence-electron chi connectivity index (χ2n) is 11.9. The van der Waals surface area contributed by atoms with Crippen molar-refractivity contribution in [3.63, 3.8) is 0 Å². The van der Waals surface area contributed by atoms with Gasteiger partial charge in [-0.3, -0.25) is 14.5 Å². The number of benzene rings is 3. The van der Waals surface area contributed by atoms with Crippen LogP contribution in [0.2, 0.25) is 0 Å². The van der Waals surface area contributed by atoms with Gasteiger partial charge in [0.05, 0.1) is 19.1 Å². The average molecular weight is 585 g/mol. The molecule has 0 bridgehead atoms. The van der Waals surface area contributed by atoms with Crippen molar-refractivity contribution < 1.29 is 28.9 Å². The van der Waals surface area contributed by atoms with Crippen LogP contribution in [0, 0.1) is 18.8 Å². The van der Waals surface area contributed by atoms with Gasteiger partial charge in [-0.05, 0) is 90.6 Å². The molecule has 3 atom stereocenters. The quantitative estimate of drug-likeness (QED) is 0.280. The number of rotatable bonds is 11. The summed E-state index contributed by atoms with van der Waals surface area (Å²) in [5.41, 5.74) is 5.73. The molecule has 0 aromatic heterocycles. The fraction of sp³-hybridized carbons (Fsp3) is 0.429. The molecule has 2 heterocycles. The van der Waals surface area contributed by atoms with Gasteiger partial charge in [0.2, 0.25) is 12.7 Å². The number of carboxylic acids is 1. The molecule has 0 radical (unpaired) electrons. The summed E-state index contributed by atoms with van der Waals surface area (Å²) in [4.78, 5) is 28.7. The van der Waals surface area contributed by atoms with Crippen molar-refractivity contribution in [1.29, 1.82) is 0 Å². The van der Waals surface area contributed by atoms with E-state index in [2.05, 4.69) is 19.2 Å². The van der Waals surface area contributed by atoms with Crippen LogP contribution in [0.4, 0.5) is 5.69 Å².